The highest BCUT2D eigenvalue weighted by molar-refractivity contribution is 5.29. The SMILES string of the molecule is O=[N+]([O-])[C@@H]1CCCCC1c1ccc(O)cc1. The second-order valence-corrected chi connectivity index (χ2v) is 4.34. The first-order chi connectivity index (χ1) is 7.68. The molecule has 0 heterocycles. The van der Waals surface area contributed by atoms with E-state index in [0.29, 0.717) is 6.42 Å². The number of rotatable bonds is 2. The fraction of sp³-hybridized carbons (Fsp3) is 0.500. The van der Waals surface area contributed by atoms with Gasteiger partial charge in [-0.3, -0.25) is 10.1 Å². The van der Waals surface area contributed by atoms with Gasteiger partial charge in [0, 0.05) is 11.3 Å². The molecular weight excluding hydrogens is 206 g/mol. The number of hydrogen-bond donors (Lipinski definition) is 1. The molecule has 0 saturated heterocycles. The molecule has 1 unspecified atom stereocenters. The van der Waals surface area contributed by atoms with E-state index in [4.69, 9.17) is 0 Å². The maximum absolute atomic E-state index is 11.0. The van der Waals surface area contributed by atoms with Crippen molar-refractivity contribution in [3.05, 3.63) is 39.9 Å². The lowest BCUT2D eigenvalue weighted by Crippen LogP contribution is -2.30. The molecule has 86 valence electrons. The number of benzene rings is 1. The summed E-state index contributed by atoms with van der Waals surface area (Å²) in [4.78, 5) is 10.8. The minimum atomic E-state index is -0.460. The average Bonchev–Trinajstić information content (AvgIpc) is 2.30. The maximum Gasteiger partial charge on any atom is 0.219 e. The number of phenolic OH excluding ortho intramolecular Hbond substituents is 1. The van der Waals surface area contributed by atoms with Gasteiger partial charge in [0.1, 0.15) is 5.75 Å². The summed E-state index contributed by atoms with van der Waals surface area (Å²) in [7, 11) is 0. The lowest BCUT2D eigenvalue weighted by Gasteiger charge is -2.25. The fourth-order valence-electron chi connectivity index (χ4n) is 2.47. The maximum atomic E-state index is 11.0. The van der Waals surface area contributed by atoms with Gasteiger partial charge in [0.25, 0.3) is 0 Å². The highest BCUT2D eigenvalue weighted by atomic mass is 16.6. The van der Waals surface area contributed by atoms with Crippen molar-refractivity contribution >= 4 is 0 Å². The molecule has 1 aromatic carbocycles. The first-order valence-electron chi connectivity index (χ1n) is 5.61. The fourth-order valence-corrected chi connectivity index (χ4v) is 2.47. The Bertz CT molecular complexity index is 374. The van der Waals surface area contributed by atoms with Gasteiger partial charge in [-0.1, -0.05) is 18.6 Å². The molecule has 1 aliphatic carbocycles. The van der Waals surface area contributed by atoms with E-state index in [1.54, 1.807) is 24.3 Å². The van der Waals surface area contributed by atoms with Crippen molar-refractivity contribution in [1.29, 1.82) is 0 Å². The molecule has 0 aliphatic heterocycles. The minimum Gasteiger partial charge on any atom is -0.508 e. The van der Waals surface area contributed by atoms with E-state index in [1.165, 1.54) is 0 Å². The Morgan fingerprint density at radius 3 is 2.44 bits per heavy atom. The van der Waals surface area contributed by atoms with E-state index in [1.807, 2.05) is 0 Å². The third-order valence-corrected chi connectivity index (χ3v) is 3.32. The molecule has 1 saturated carbocycles. The Kier molecular flexibility index (Phi) is 3.08. The van der Waals surface area contributed by atoms with Crippen LogP contribution in [0.15, 0.2) is 24.3 Å². The molecule has 1 aliphatic rings. The Labute approximate surface area is 94.1 Å². The molecule has 2 atom stereocenters. The molecule has 0 bridgehead atoms. The Balaban J connectivity index is 2.23. The van der Waals surface area contributed by atoms with Crippen LogP contribution in [0.2, 0.25) is 0 Å². The van der Waals surface area contributed by atoms with Gasteiger partial charge < -0.3 is 5.11 Å². The number of nitrogens with zero attached hydrogens (tertiary/aromatic N) is 1. The van der Waals surface area contributed by atoms with Crippen LogP contribution in [-0.2, 0) is 0 Å². The third-order valence-electron chi connectivity index (χ3n) is 3.32. The summed E-state index contributed by atoms with van der Waals surface area (Å²) in [5.74, 6) is 0.210. The second kappa shape index (κ2) is 4.51. The van der Waals surface area contributed by atoms with Gasteiger partial charge in [-0.05, 0) is 30.5 Å². The van der Waals surface area contributed by atoms with Crippen molar-refractivity contribution in [2.45, 2.75) is 37.6 Å². The van der Waals surface area contributed by atoms with E-state index >= 15 is 0 Å². The molecule has 1 fully saturated rings. The van der Waals surface area contributed by atoms with Gasteiger partial charge in [0.2, 0.25) is 6.04 Å². The summed E-state index contributed by atoms with van der Waals surface area (Å²) < 4.78 is 0. The van der Waals surface area contributed by atoms with Gasteiger partial charge >= 0.3 is 0 Å². The zero-order valence-corrected chi connectivity index (χ0v) is 9.00. The summed E-state index contributed by atoms with van der Waals surface area (Å²) in [5, 5.41) is 20.2. The van der Waals surface area contributed by atoms with Crippen molar-refractivity contribution in [3.8, 4) is 5.75 Å². The highest BCUT2D eigenvalue weighted by Crippen LogP contribution is 2.35. The first kappa shape index (κ1) is 10.9. The van der Waals surface area contributed by atoms with Crippen molar-refractivity contribution < 1.29 is 10.0 Å². The Morgan fingerprint density at radius 2 is 1.81 bits per heavy atom. The molecule has 4 heteroatoms. The minimum absolute atomic E-state index is 0.00403. The summed E-state index contributed by atoms with van der Waals surface area (Å²) in [6.07, 6.45) is 3.53. The molecule has 0 amide bonds. The lowest BCUT2D eigenvalue weighted by molar-refractivity contribution is -0.530. The van der Waals surface area contributed by atoms with Crippen molar-refractivity contribution in [3.63, 3.8) is 0 Å². The molecule has 0 radical (unpaired) electrons. The van der Waals surface area contributed by atoms with Crippen LogP contribution in [0.3, 0.4) is 0 Å². The number of nitro groups is 1. The molecular formula is C12H15NO3. The van der Waals surface area contributed by atoms with Gasteiger partial charge in [-0.15, -0.1) is 0 Å². The smallest absolute Gasteiger partial charge is 0.219 e. The van der Waals surface area contributed by atoms with E-state index < -0.39 is 6.04 Å². The standard InChI is InChI=1S/C12H15NO3/c14-10-7-5-9(6-8-10)11-3-1-2-4-12(11)13(15)16/h5-8,11-12,14H,1-4H2/t11?,12-/m1/s1. The molecule has 1 N–H and O–H groups in total. The van der Waals surface area contributed by atoms with Gasteiger partial charge in [0.05, 0.1) is 5.92 Å². The number of phenols is 1. The Morgan fingerprint density at radius 1 is 1.19 bits per heavy atom. The van der Waals surface area contributed by atoms with Gasteiger partial charge in [0.15, 0.2) is 0 Å². The van der Waals surface area contributed by atoms with Crippen molar-refractivity contribution in [2.75, 3.05) is 0 Å². The predicted octanol–water partition coefficient (Wildman–Crippen LogP) is 2.70. The monoisotopic (exact) mass is 221 g/mol. The molecule has 16 heavy (non-hydrogen) atoms. The van der Waals surface area contributed by atoms with Crippen LogP contribution in [0.25, 0.3) is 0 Å². The quantitative estimate of drug-likeness (QED) is 0.616. The van der Waals surface area contributed by atoms with E-state index in [2.05, 4.69) is 0 Å². The zero-order valence-electron chi connectivity index (χ0n) is 9.00. The largest absolute Gasteiger partial charge is 0.508 e. The average molecular weight is 221 g/mol. The van der Waals surface area contributed by atoms with Crippen molar-refractivity contribution in [2.24, 2.45) is 0 Å². The summed E-state index contributed by atoms with van der Waals surface area (Å²) in [6.45, 7) is 0. The highest BCUT2D eigenvalue weighted by Gasteiger charge is 2.34. The van der Waals surface area contributed by atoms with E-state index in [0.717, 1.165) is 24.8 Å². The van der Waals surface area contributed by atoms with Crippen LogP contribution < -0.4 is 0 Å². The molecule has 0 aromatic heterocycles. The molecule has 4 nitrogen and oxygen atoms in total. The summed E-state index contributed by atoms with van der Waals surface area (Å²) >= 11 is 0. The molecule has 1 aromatic rings. The predicted molar refractivity (Wildman–Crippen MR) is 60.1 cm³/mol. The van der Waals surface area contributed by atoms with Crippen LogP contribution in [0.1, 0.15) is 37.2 Å². The molecule has 0 spiro atoms. The van der Waals surface area contributed by atoms with Crippen molar-refractivity contribution in [1.82, 2.24) is 0 Å². The summed E-state index contributed by atoms with van der Waals surface area (Å²) in [5.41, 5.74) is 0.971. The van der Waals surface area contributed by atoms with Crippen LogP contribution in [0, 0.1) is 10.1 Å². The van der Waals surface area contributed by atoms with Crippen LogP contribution >= 0.6 is 0 Å². The number of hydrogen-bond acceptors (Lipinski definition) is 3. The Hall–Kier alpha value is -1.58. The number of aromatic hydroxyl groups is 1. The van der Waals surface area contributed by atoms with E-state index in [-0.39, 0.29) is 16.6 Å². The second-order valence-electron chi connectivity index (χ2n) is 4.34. The van der Waals surface area contributed by atoms with Crippen LogP contribution in [-0.4, -0.2) is 16.1 Å². The van der Waals surface area contributed by atoms with E-state index in [9.17, 15) is 15.2 Å². The van der Waals surface area contributed by atoms with Gasteiger partial charge in [-0.2, -0.15) is 0 Å². The van der Waals surface area contributed by atoms with Gasteiger partial charge in [-0.25, -0.2) is 0 Å². The van der Waals surface area contributed by atoms with Crippen LogP contribution in [0.4, 0.5) is 0 Å². The van der Waals surface area contributed by atoms with Crippen LogP contribution in [0.5, 0.6) is 5.75 Å². The first-order valence-corrected chi connectivity index (χ1v) is 5.61. The zero-order chi connectivity index (χ0) is 11.5. The lowest BCUT2D eigenvalue weighted by atomic mass is 9.80. The summed E-state index contributed by atoms with van der Waals surface area (Å²) in [6, 6.07) is 6.32. The normalized spacial score (nSPS) is 25.2. The third kappa shape index (κ3) is 2.15. The topological polar surface area (TPSA) is 63.4 Å². The molecule has 2 rings (SSSR count).